The van der Waals surface area contributed by atoms with Gasteiger partial charge in [-0.3, -0.25) is 4.79 Å². The van der Waals surface area contributed by atoms with Gasteiger partial charge in [-0.05, 0) is 65.2 Å². The molecular weight excluding hydrogens is 648 g/mol. The van der Waals surface area contributed by atoms with Gasteiger partial charge in [-0.2, -0.15) is 8.99 Å². The molecule has 16 heteroatoms. The van der Waals surface area contributed by atoms with Crippen LogP contribution < -0.4 is 15.5 Å². The number of halogens is 2. The Kier molecular flexibility index (Phi) is 11.8. The van der Waals surface area contributed by atoms with Gasteiger partial charge in [-0.15, -0.1) is 5.10 Å². The Bertz CT molecular complexity index is 1730. The van der Waals surface area contributed by atoms with Gasteiger partial charge >= 0.3 is 6.09 Å². The molecule has 0 aliphatic carbocycles. The first kappa shape index (κ1) is 36.7. The van der Waals surface area contributed by atoms with Gasteiger partial charge < -0.3 is 29.9 Å². The number of benzene rings is 2. The van der Waals surface area contributed by atoms with Gasteiger partial charge in [0.1, 0.15) is 11.6 Å². The Morgan fingerprint density at radius 2 is 1.77 bits per heavy atom. The number of likely N-dealkylation sites (N-methyl/N-ethyl adjacent to an activating group) is 2. The van der Waals surface area contributed by atoms with Crippen LogP contribution in [-0.4, -0.2) is 106 Å². The molecule has 0 spiro atoms. The largest absolute Gasteiger partial charge is 0.448 e. The van der Waals surface area contributed by atoms with Crippen molar-refractivity contribution >= 4 is 39.2 Å². The summed E-state index contributed by atoms with van der Waals surface area (Å²) in [6, 6.07) is 7.51. The number of amides is 1. The molecule has 4 rings (SSSR count). The van der Waals surface area contributed by atoms with Crippen LogP contribution in [0.3, 0.4) is 0 Å². The van der Waals surface area contributed by atoms with Crippen molar-refractivity contribution in [3.05, 3.63) is 64.9 Å². The van der Waals surface area contributed by atoms with Crippen molar-refractivity contribution in [3.8, 4) is 0 Å². The Balaban J connectivity index is 1.71. The number of hydrogen-bond acceptors (Lipinski definition) is 10. The number of ether oxygens (including phenoxy) is 2. The van der Waals surface area contributed by atoms with Crippen molar-refractivity contribution in [3.63, 3.8) is 0 Å². The second-order valence-electron chi connectivity index (χ2n) is 12.0. The predicted octanol–water partition coefficient (Wildman–Crippen LogP) is 4.00. The zero-order chi connectivity index (χ0) is 35.3. The summed E-state index contributed by atoms with van der Waals surface area (Å²) in [6.45, 7) is 6.37. The van der Waals surface area contributed by atoms with Gasteiger partial charge in [-0.1, -0.05) is 0 Å². The average molecular weight is 692 g/mol. The summed E-state index contributed by atoms with van der Waals surface area (Å²) < 4.78 is 67.3. The normalized spacial score (nSPS) is 14.7. The molecule has 1 aliphatic heterocycles. The van der Waals surface area contributed by atoms with Crippen molar-refractivity contribution in [2.45, 2.75) is 50.7 Å². The second-order valence-corrected chi connectivity index (χ2v) is 13.9. The summed E-state index contributed by atoms with van der Waals surface area (Å²) in [7, 11) is 3.18. The van der Waals surface area contributed by atoms with E-state index in [0.29, 0.717) is 24.1 Å². The van der Waals surface area contributed by atoms with Crippen LogP contribution in [0.2, 0.25) is 0 Å². The molecule has 1 unspecified atom stereocenters. The minimum atomic E-state index is -4.36. The molecule has 13 nitrogen and oxygen atoms in total. The Morgan fingerprint density at radius 1 is 1.08 bits per heavy atom. The minimum Gasteiger partial charge on any atom is -0.448 e. The second kappa shape index (κ2) is 15.4. The van der Waals surface area contributed by atoms with Crippen molar-refractivity contribution in [1.29, 1.82) is 0 Å². The molecule has 2 heterocycles. The summed E-state index contributed by atoms with van der Waals surface area (Å²) in [6.07, 6.45) is -0.783. The third kappa shape index (κ3) is 8.29. The molecule has 48 heavy (non-hydrogen) atoms. The Labute approximate surface area is 279 Å². The fourth-order valence-corrected chi connectivity index (χ4v) is 6.80. The summed E-state index contributed by atoms with van der Waals surface area (Å²) in [5.74, 6) is -2.70. The van der Waals surface area contributed by atoms with Crippen LogP contribution in [0.1, 0.15) is 42.4 Å². The van der Waals surface area contributed by atoms with Crippen LogP contribution in [0.4, 0.5) is 30.8 Å². The fourth-order valence-electron chi connectivity index (χ4n) is 5.35. The molecule has 1 amide bonds. The number of carbonyl (C=O) groups excluding carboxylic acids is 2. The number of aromatic nitrogens is 2. The fraction of sp³-hybridized carbons (Fsp3) is 0.469. The Hall–Kier alpha value is -4.12. The van der Waals surface area contributed by atoms with Gasteiger partial charge in [0.2, 0.25) is 10.0 Å². The van der Waals surface area contributed by atoms with E-state index in [1.807, 2.05) is 40.2 Å². The molecule has 0 fully saturated rings. The van der Waals surface area contributed by atoms with E-state index in [-0.39, 0.29) is 55.1 Å². The maximum Gasteiger partial charge on any atom is 0.434 e. The van der Waals surface area contributed by atoms with E-state index in [2.05, 4.69) is 32.5 Å². The molecule has 0 saturated heterocycles. The molecule has 2 N–H and O–H groups in total. The van der Waals surface area contributed by atoms with Crippen molar-refractivity contribution in [2.75, 3.05) is 70.1 Å². The molecule has 2 atom stereocenters. The number of methoxy groups -OCH3 is 1. The summed E-state index contributed by atoms with van der Waals surface area (Å²) in [4.78, 5) is 30.4. The van der Waals surface area contributed by atoms with Crippen molar-refractivity contribution < 1.29 is 36.3 Å². The van der Waals surface area contributed by atoms with E-state index >= 15 is 0 Å². The number of hydrogen-bond donors (Lipinski definition) is 2. The van der Waals surface area contributed by atoms with E-state index < -0.39 is 38.6 Å². The number of nitrogens with one attached hydrogen (secondary N) is 2. The highest BCUT2D eigenvalue weighted by molar-refractivity contribution is 7.89. The number of fused-ring (bicyclic) bond motifs is 1. The molecule has 0 saturated carbocycles. The van der Waals surface area contributed by atoms with Crippen molar-refractivity contribution in [2.24, 2.45) is 0 Å². The topological polar surface area (TPSA) is 138 Å². The first-order chi connectivity index (χ1) is 22.7. The smallest absolute Gasteiger partial charge is 0.434 e. The lowest BCUT2D eigenvalue weighted by molar-refractivity contribution is 0.102. The van der Waals surface area contributed by atoms with E-state index in [0.717, 1.165) is 33.4 Å². The molecule has 1 aromatic heterocycles. The van der Waals surface area contributed by atoms with Gasteiger partial charge in [-0.25, -0.2) is 22.0 Å². The molecule has 262 valence electrons. The van der Waals surface area contributed by atoms with Gasteiger partial charge in [0.05, 0.1) is 29.4 Å². The van der Waals surface area contributed by atoms with Crippen molar-refractivity contribution in [1.82, 2.24) is 19.0 Å². The third-order valence-corrected chi connectivity index (χ3v) is 9.92. The lowest BCUT2D eigenvalue weighted by Gasteiger charge is -2.28. The molecular formula is C32H43F2N7O6S. The van der Waals surface area contributed by atoms with Crippen LogP contribution in [-0.2, 0) is 32.5 Å². The average Bonchev–Trinajstić information content (AvgIpc) is 3.38. The standard InChI is InChI=1S/C32H43F2N7O6S/c1-8-47-32(43)41-29-11-12-40(48(44,45)25-14-22(33)13-23(34)15-25)18-27(29)30(37-41)36-31(42)26-10-9-24(39(6)17-21(3)38(4)5)16-28(26)35-20(2)19-46-7/h9-10,13-16,20-21,35H,8,11-12,17-19H2,1-7H3,(H,36,37,42)/t20-,21?/m1/s1. The highest BCUT2D eigenvalue weighted by Crippen LogP contribution is 2.32. The maximum atomic E-state index is 14.0. The number of sulfonamides is 1. The highest BCUT2D eigenvalue weighted by atomic mass is 32.2. The predicted molar refractivity (Wildman–Crippen MR) is 178 cm³/mol. The quantitative estimate of drug-likeness (QED) is 0.271. The number of carbonyl (C=O) groups is 2. The molecule has 2 aromatic carbocycles. The molecule has 0 bridgehead atoms. The van der Waals surface area contributed by atoms with Crippen LogP contribution in [0.15, 0.2) is 41.3 Å². The van der Waals surface area contributed by atoms with Crippen LogP contribution >= 0.6 is 0 Å². The van der Waals surface area contributed by atoms with E-state index in [1.165, 1.54) is 0 Å². The van der Waals surface area contributed by atoms with Gasteiger partial charge in [0.15, 0.2) is 5.82 Å². The maximum absolute atomic E-state index is 14.0. The first-order valence-corrected chi connectivity index (χ1v) is 16.9. The molecule has 3 aromatic rings. The Morgan fingerprint density at radius 3 is 2.40 bits per heavy atom. The van der Waals surface area contributed by atoms with E-state index in [9.17, 15) is 26.8 Å². The SMILES string of the molecule is CCOC(=O)n1nc(NC(=O)c2ccc(N(C)CC(C)N(C)C)cc2N[C@H](C)COC)c2c1CCN(S(=O)(=O)c1cc(F)cc(F)c1)C2. The lowest BCUT2D eigenvalue weighted by Crippen LogP contribution is -2.37. The lowest BCUT2D eigenvalue weighted by atomic mass is 10.1. The van der Waals surface area contributed by atoms with Crippen LogP contribution in [0, 0.1) is 11.6 Å². The summed E-state index contributed by atoms with van der Waals surface area (Å²) >= 11 is 0. The zero-order valence-corrected chi connectivity index (χ0v) is 29.0. The monoisotopic (exact) mass is 691 g/mol. The van der Waals surface area contributed by atoms with Gasteiger partial charge in [0.25, 0.3) is 5.91 Å². The summed E-state index contributed by atoms with van der Waals surface area (Å²) in [5, 5.41) is 10.4. The molecule has 0 radical (unpaired) electrons. The third-order valence-electron chi connectivity index (χ3n) is 8.10. The molecule has 1 aliphatic rings. The highest BCUT2D eigenvalue weighted by Gasteiger charge is 2.35. The number of nitrogens with zero attached hydrogens (tertiary/aromatic N) is 5. The van der Waals surface area contributed by atoms with E-state index in [4.69, 9.17) is 9.47 Å². The van der Waals surface area contributed by atoms with Crippen LogP contribution in [0.25, 0.3) is 0 Å². The zero-order valence-electron chi connectivity index (χ0n) is 28.2. The number of anilines is 3. The van der Waals surface area contributed by atoms with Gasteiger partial charge in [0, 0.05) is 75.3 Å². The van der Waals surface area contributed by atoms with E-state index in [1.54, 1.807) is 20.1 Å². The van der Waals surface area contributed by atoms with Crippen LogP contribution in [0.5, 0.6) is 0 Å². The number of rotatable bonds is 13. The first-order valence-electron chi connectivity index (χ1n) is 15.5. The minimum absolute atomic E-state index is 0.0157. The summed E-state index contributed by atoms with van der Waals surface area (Å²) in [5.41, 5.74) is 2.26.